The molecule has 0 saturated heterocycles. The first kappa shape index (κ1) is 17.6. The quantitative estimate of drug-likeness (QED) is 0.186. The summed E-state index contributed by atoms with van der Waals surface area (Å²) < 4.78 is 5.16. The first-order chi connectivity index (χ1) is 16.7. The Morgan fingerprint density at radius 1 is 0.676 bits per heavy atom. The van der Waals surface area contributed by atoms with E-state index in [1.807, 2.05) is 0 Å². The van der Waals surface area contributed by atoms with Crippen LogP contribution in [0.15, 0.2) is 66.7 Å². The van der Waals surface area contributed by atoms with Gasteiger partial charge in [-0.1, -0.05) is 66.7 Å². The number of benzene rings is 4. The predicted octanol–water partition coefficient (Wildman–Crippen LogP) is 6.65. The number of aromatic nitrogens is 2. The number of rotatable bonds is 0. The van der Waals surface area contributed by atoms with E-state index in [2.05, 4.69) is 89.5 Å². The normalized spacial score (nSPS) is 14.4. The van der Waals surface area contributed by atoms with E-state index in [1.165, 1.54) is 88.8 Å². The molecule has 9 rings (SSSR count). The number of nitrogens with zero attached hydrogens (tertiary/aromatic N) is 2. The third-order valence-electron chi connectivity index (χ3n) is 8.91. The number of hydrogen-bond donors (Lipinski definition) is 0. The van der Waals surface area contributed by atoms with Crippen molar-refractivity contribution in [3.05, 3.63) is 106 Å². The molecule has 2 aliphatic carbocycles. The number of aryl methyl sites for hydroxylation is 1. The van der Waals surface area contributed by atoms with Crippen molar-refractivity contribution in [1.82, 2.24) is 4.40 Å². The van der Waals surface area contributed by atoms with Crippen LogP contribution in [-0.4, -0.2) is 4.40 Å². The minimum absolute atomic E-state index is 0.980. The van der Waals surface area contributed by atoms with Gasteiger partial charge in [-0.2, -0.15) is 4.40 Å². The first-order valence-electron chi connectivity index (χ1n) is 12.4. The summed E-state index contributed by atoms with van der Waals surface area (Å²) in [6, 6.07) is 25.2. The van der Waals surface area contributed by atoms with Crippen molar-refractivity contribution in [3.63, 3.8) is 0 Å². The molecule has 34 heavy (non-hydrogen) atoms. The fraction of sp³-hybridized carbons (Fsp3) is 0.156. The van der Waals surface area contributed by atoms with Crippen LogP contribution in [0.3, 0.4) is 0 Å². The summed E-state index contributed by atoms with van der Waals surface area (Å²) in [5.41, 5.74) is 18.9. The molecule has 0 amide bonds. The molecule has 1 aliphatic heterocycles. The van der Waals surface area contributed by atoms with E-state index in [9.17, 15) is 0 Å². The molecule has 3 aliphatic rings. The minimum Gasteiger partial charge on any atom is -0.222 e. The molecular formula is C32H23N2+. The third kappa shape index (κ3) is 1.76. The van der Waals surface area contributed by atoms with Crippen molar-refractivity contribution < 1.29 is 4.57 Å². The maximum Gasteiger partial charge on any atom is 0.295 e. The zero-order chi connectivity index (χ0) is 22.3. The smallest absolute Gasteiger partial charge is 0.222 e. The second-order valence-electron chi connectivity index (χ2n) is 10.4. The summed E-state index contributed by atoms with van der Waals surface area (Å²) in [4.78, 5) is 0. The zero-order valence-electron chi connectivity index (χ0n) is 19.4. The number of imidazole rings is 1. The topological polar surface area (TPSA) is 8.29 Å². The van der Waals surface area contributed by atoms with Crippen molar-refractivity contribution in [1.29, 1.82) is 0 Å². The maximum absolute atomic E-state index is 2.62. The molecule has 2 heteroatoms. The molecule has 0 atom stereocenters. The highest BCUT2D eigenvalue weighted by molar-refractivity contribution is 6.22. The molecule has 0 unspecified atom stereocenters. The van der Waals surface area contributed by atoms with E-state index in [4.69, 9.17) is 0 Å². The van der Waals surface area contributed by atoms with Gasteiger partial charge in [-0.05, 0) is 45.4 Å². The van der Waals surface area contributed by atoms with Gasteiger partial charge in [0.05, 0.1) is 5.39 Å². The highest BCUT2D eigenvalue weighted by Crippen LogP contribution is 2.54. The van der Waals surface area contributed by atoms with Crippen LogP contribution >= 0.6 is 0 Å². The molecule has 0 N–H and O–H groups in total. The van der Waals surface area contributed by atoms with Crippen LogP contribution in [0.2, 0.25) is 0 Å². The van der Waals surface area contributed by atoms with Crippen LogP contribution in [0.5, 0.6) is 0 Å². The SMILES string of the molecule is Cc1c(C)[n+]2c3c4c(cccc4c4c5c(c6c(c4n13)Cc1ccccc1-6)Cc1ccccc1-5)C2. The van der Waals surface area contributed by atoms with Crippen molar-refractivity contribution in [3.8, 4) is 22.3 Å². The average Bonchev–Trinajstić information content (AvgIpc) is 3.59. The molecule has 0 fully saturated rings. The van der Waals surface area contributed by atoms with Crippen LogP contribution in [0.1, 0.15) is 39.2 Å². The fourth-order valence-electron chi connectivity index (χ4n) is 7.43. The van der Waals surface area contributed by atoms with Gasteiger partial charge in [0.25, 0.3) is 5.65 Å². The highest BCUT2D eigenvalue weighted by Gasteiger charge is 2.38. The minimum atomic E-state index is 0.980. The van der Waals surface area contributed by atoms with Crippen LogP contribution in [0.4, 0.5) is 0 Å². The summed E-state index contributed by atoms with van der Waals surface area (Å²) in [5, 5.41) is 4.34. The summed E-state index contributed by atoms with van der Waals surface area (Å²) in [6.45, 7) is 5.59. The van der Waals surface area contributed by atoms with Gasteiger partial charge in [0, 0.05) is 42.2 Å². The fourth-order valence-corrected chi connectivity index (χ4v) is 7.43. The molecule has 0 bridgehead atoms. The highest BCUT2D eigenvalue weighted by atomic mass is 15.1. The lowest BCUT2D eigenvalue weighted by molar-refractivity contribution is -0.663. The molecule has 6 aromatic rings. The number of fused-ring (bicyclic) bond motifs is 12. The van der Waals surface area contributed by atoms with E-state index >= 15 is 0 Å². The van der Waals surface area contributed by atoms with Gasteiger partial charge in [-0.15, -0.1) is 0 Å². The van der Waals surface area contributed by atoms with Crippen molar-refractivity contribution in [2.75, 3.05) is 0 Å². The second-order valence-corrected chi connectivity index (χ2v) is 10.4. The van der Waals surface area contributed by atoms with Crippen LogP contribution in [-0.2, 0) is 19.4 Å². The van der Waals surface area contributed by atoms with Gasteiger partial charge in [-0.3, -0.25) is 0 Å². The van der Waals surface area contributed by atoms with E-state index in [1.54, 1.807) is 0 Å². The lowest BCUT2D eigenvalue weighted by atomic mass is 9.88. The monoisotopic (exact) mass is 435 g/mol. The Kier molecular flexibility index (Phi) is 2.88. The standard InChI is InChI=1S/C32H23N2/c1-17-18(2)34-31-26-15-20-9-3-5-11-22(20)28(26)25-14-19-8-4-6-12-23(19)29(25)30(31)24-13-7-10-21-16-33(17)32(34)27(21)24/h3-13H,14-16H2,1-2H3/q+1. The second kappa shape index (κ2) is 5.59. The molecular weight excluding hydrogens is 412 g/mol. The molecule has 4 aromatic carbocycles. The average molecular weight is 436 g/mol. The van der Waals surface area contributed by atoms with Gasteiger partial charge >= 0.3 is 0 Å². The maximum atomic E-state index is 2.62. The summed E-state index contributed by atoms with van der Waals surface area (Å²) in [7, 11) is 0. The molecule has 160 valence electrons. The van der Waals surface area contributed by atoms with E-state index in [-0.39, 0.29) is 0 Å². The summed E-state index contributed by atoms with van der Waals surface area (Å²) in [5.74, 6) is 0. The molecule has 2 nitrogen and oxygen atoms in total. The summed E-state index contributed by atoms with van der Waals surface area (Å²) in [6.07, 6.45) is 2.05. The van der Waals surface area contributed by atoms with E-state index in [0.29, 0.717) is 0 Å². The molecule has 3 heterocycles. The van der Waals surface area contributed by atoms with Crippen molar-refractivity contribution >= 4 is 27.3 Å². The largest absolute Gasteiger partial charge is 0.295 e. The Labute approximate surface area is 197 Å². The Morgan fingerprint density at radius 3 is 2.15 bits per heavy atom. The predicted molar refractivity (Wildman–Crippen MR) is 138 cm³/mol. The molecule has 0 saturated carbocycles. The lowest BCUT2D eigenvalue weighted by Crippen LogP contribution is -2.33. The van der Waals surface area contributed by atoms with Crippen LogP contribution in [0, 0.1) is 13.8 Å². The Bertz CT molecular complexity index is 1950. The molecule has 2 aromatic heterocycles. The van der Waals surface area contributed by atoms with Gasteiger partial charge in [0.1, 0.15) is 23.4 Å². The van der Waals surface area contributed by atoms with Gasteiger partial charge in [-0.25, -0.2) is 4.57 Å². The van der Waals surface area contributed by atoms with Gasteiger partial charge < -0.3 is 0 Å². The van der Waals surface area contributed by atoms with Crippen molar-refractivity contribution in [2.45, 2.75) is 33.2 Å². The number of hydrogen-bond acceptors (Lipinski definition) is 0. The Balaban J connectivity index is 1.65. The summed E-state index contributed by atoms with van der Waals surface area (Å²) >= 11 is 0. The Hall–Kier alpha value is -3.91. The third-order valence-corrected chi connectivity index (χ3v) is 8.91. The lowest BCUT2D eigenvalue weighted by Gasteiger charge is -2.16. The van der Waals surface area contributed by atoms with E-state index < -0.39 is 0 Å². The first-order valence-corrected chi connectivity index (χ1v) is 12.4. The Morgan fingerprint density at radius 2 is 1.35 bits per heavy atom. The van der Waals surface area contributed by atoms with Gasteiger partial charge in [0.2, 0.25) is 0 Å². The van der Waals surface area contributed by atoms with Crippen molar-refractivity contribution in [2.24, 2.45) is 0 Å². The van der Waals surface area contributed by atoms with Gasteiger partial charge in [0.15, 0.2) is 0 Å². The molecule has 0 spiro atoms. The van der Waals surface area contributed by atoms with Crippen LogP contribution < -0.4 is 4.57 Å². The van der Waals surface area contributed by atoms with E-state index in [0.717, 1.165) is 19.4 Å². The zero-order valence-corrected chi connectivity index (χ0v) is 19.4. The number of pyridine rings is 1. The molecule has 0 radical (unpaired) electrons. The van der Waals surface area contributed by atoms with Crippen LogP contribution in [0.25, 0.3) is 49.6 Å².